The standard InChI is InChI=1S/C21H22ClN3O2/c22-17-5-7-18(8-6-17)27-14-21(26)24-11-9-16(10-12-24)13-25-15-23-19-3-1-2-4-20(19)25/h1-8,15-16H,9-14H2. The highest BCUT2D eigenvalue weighted by Crippen LogP contribution is 2.22. The van der Waals surface area contributed by atoms with E-state index in [0.29, 0.717) is 16.7 Å². The predicted molar refractivity (Wildman–Crippen MR) is 106 cm³/mol. The Morgan fingerprint density at radius 3 is 2.63 bits per heavy atom. The van der Waals surface area contributed by atoms with Crippen LogP contribution in [0.5, 0.6) is 5.75 Å². The van der Waals surface area contributed by atoms with E-state index in [2.05, 4.69) is 15.6 Å². The smallest absolute Gasteiger partial charge is 0.260 e. The third-order valence-corrected chi connectivity index (χ3v) is 5.38. The van der Waals surface area contributed by atoms with Gasteiger partial charge in [-0.1, -0.05) is 23.7 Å². The van der Waals surface area contributed by atoms with E-state index in [0.717, 1.165) is 38.0 Å². The third-order valence-electron chi connectivity index (χ3n) is 5.13. The van der Waals surface area contributed by atoms with Crippen LogP contribution in [0.3, 0.4) is 0 Å². The summed E-state index contributed by atoms with van der Waals surface area (Å²) >= 11 is 5.86. The molecule has 0 radical (unpaired) electrons. The summed E-state index contributed by atoms with van der Waals surface area (Å²) in [5.41, 5.74) is 2.21. The Bertz CT molecular complexity index is 915. The van der Waals surface area contributed by atoms with Gasteiger partial charge in [-0.25, -0.2) is 4.98 Å². The first-order valence-corrected chi connectivity index (χ1v) is 9.63. The summed E-state index contributed by atoms with van der Waals surface area (Å²) in [5, 5.41) is 0.654. The van der Waals surface area contributed by atoms with Gasteiger partial charge in [0, 0.05) is 24.7 Å². The molecule has 1 aliphatic heterocycles. The van der Waals surface area contributed by atoms with Crippen LogP contribution in [0, 0.1) is 5.92 Å². The SMILES string of the molecule is O=C(COc1ccc(Cl)cc1)N1CCC(Cn2cnc3ccccc32)CC1. The number of likely N-dealkylation sites (tertiary alicyclic amines) is 1. The Morgan fingerprint density at radius 1 is 1.11 bits per heavy atom. The van der Waals surface area contributed by atoms with Gasteiger partial charge in [0.05, 0.1) is 17.4 Å². The number of rotatable bonds is 5. The Morgan fingerprint density at radius 2 is 1.85 bits per heavy atom. The maximum absolute atomic E-state index is 12.4. The van der Waals surface area contributed by atoms with Crippen LogP contribution in [-0.2, 0) is 11.3 Å². The van der Waals surface area contributed by atoms with Gasteiger partial charge in [0.15, 0.2) is 6.61 Å². The fourth-order valence-electron chi connectivity index (χ4n) is 3.57. The van der Waals surface area contributed by atoms with Crippen LogP contribution in [0.25, 0.3) is 11.0 Å². The van der Waals surface area contributed by atoms with Crippen LogP contribution in [0.4, 0.5) is 0 Å². The number of ether oxygens (including phenoxy) is 1. The normalized spacial score (nSPS) is 15.2. The summed E-state index contributed by atoms with van der Waals surface area (Å²) in [6.45, 7) is 2.57. The van der Waals surface area contributed by atoms with Crippen molar-refractivity contribution in [1.82, 2.24) is 14.5 Å². The molecule has 2 heterocycles. The van der Waals surface area contributed by atoms with Crippen LogP contribution in [0.1, 0.15) is 12.8 Å². The van der Waals surface area contributed by atoms with Crippen LogP contribution < -0.4 is 4.74 Å². The lowest BCUT2D eigenvalue weighted by atomic mass is 9.96. The summed E-state index contributed by atoms with van der Waals surface area (Å²) < 4.78 is 7.80. The lowest BCUT2D eigenvalue weighted by Gasteiger charge is -2.32. The van der Waals surface area contributed by atoms with Gasteiger partial charge < -0.3 is 14.2 Å². The van der Waals surface area contributed by atoms with Crippen molar-refractivity contribution in [2.24, 2.45) is 5.92 Å². The molecule has 27 heavy (non-hydrogen) atoms. The maximum atomic E-state index is 12.4. The molecular weight excluding hydrogens is 362 g/mol. The first kappa shape index (κ1) is 17.9. The maximum Gasteiger partial charge on any atom is 0.260 e. The molecule has 1 amide bonds. The fourth-order valence-corrected chi connectivity index (χ4v) is 3.69. The molecule has 1 saturated heterocycles. The molecule has 6 heteroatoms. The molecule has 0 spiro atoms. The van der Waals surface area contributed by atoms with Gasteiger partial charge in [-0.15, -0.1) is 0 Å². The number of para-hydroxylation sites is 2. The van der Waals surface area contributed by atoms with Crippen molar-refractivity contribution in [1.29, 1.82) is 0 Å². The molecule has 3 aromatic rings. The summed E-state index contributed by atoms with van der Waals surface area (Å²) in [6.07, 6.45) is 3.92. The minimum Gasteiger partial charge on any atom is -0.484 e. The van der Waals surface area contributed by atoms with Crippen molar-refractivity contribution < 1.29 is 9.53 Å². The largest absolute Gasteiger partial charge is 0.484 e. The Kier molecular flexibility index (Phi) is 5.30. The van der Waals surface area contributed by atoms with Gasteiger partial charge in [0.25, 0.3) is 5.91 Å². The number of hydrogen-bond acceptors (Lipinski definition) is 3. The van der Waals surface area contributed by atoms with Crippen molar-refractivity contribution in [3.8, 4) is 5.75 Å². The van der Waals surface area contributed by atoms with Gasteiger partial charge >= 0.3 is 0 Å². The quantitative estimate of drug-likeness (QED) is 0.668. The summed E-state index contributed by atoms with van der Waals surface area (Å²) in [5.74, 6) is 1.26. The molecule has 0 unspecified atom stereocenters. The first-order chi connectivity index (χ1) is 13.2. The van der Waals surface area contributed by atoms with E-state index in [1.54, 1.807) is 24.3 Å². The molecule has 0 saturated carbocycles. The number of nitrogens with zero attached hydrogens (tertiary/aromatic N) is 3. The average molecular weight is 384 g/mol. The summed E-state index contributed by atoms with van der Waals surface area (Å²) in [7, 11) is 0. The number of aromatic nitrogens is 2. The molecule has 4 rings (SSSR count). The molecule has 0 atom stereocenters. The van der Waals surface area contributed by atoms with Crippen molar-refractivity contribution in [3.63, 3.8) is 0 Å². The second kappa shape index (κ2) is 8.01. The fraction of sp³-hybridized carbons (Fsp3) is 0.333. The van der Waals surface area contributed by atoms with E-state index >= 15 is 0 Å². The molecule has 5 nitrogen and oxygen atoms in total. The van der Waals surface area contributed by atoms with Gasteiger partial charge in [-0.2, -0.15) is 0 Å². The Hall–Kier alpha value is -2.53. The second-order valence-corrected chi connectivity index (χ2v) is 7.39. The van der Waals surface area contributed by atoms with E-state index in [4.69, 9.17) is 16.3 Å². The Labute approximate surface area is 163 Å². The first-order valence-electron chi connectivity index (χ1n) is 9.25. The van der Waals surface area contributed by atoms with E-state index in [-0.39, 0.29) is 12.5 Å². The highest BCUT2D eigenvalue weighted by Gasteiger charge is 2.23. The van der Waals surface area contributed by atoms with Crippen molar-refractivity contribution >= 4 is 28.5 Å². The molecule has 1 fully saturated rings. The molecule has 140 valence electrons. The summed E-state index contributed by atoms with van der Waals surface area (Å²) in [4.78, 5) is 18.8. The predicted octanol–water partition coefficient (Wildman–Crippen LogP) is 4.01. The molecule has 0 N–H and O–H groups in total. The van der Waals surface area contributed by atoms with Gasteiger partial charge in [-0.05, 0) is 55.2 Å². The molecular formula is C21H22ClN3O2. The molecule has 1 aromatic heterocycles. The van der Waals surface area contributed by atoms with Crippen LogP contribution in [0.2, 0.25) is 5.02 Å². The number of fused-ring (bicyclic) bond motifs is 1. The third kappa shape index (κ3) is 4.25. The lowest BCUT2D eigenvalue weighted by Crippen LogP contribution is -2.41. The zero-order valence-electron chi connectivity index (χ0n) is 15.1. The van der Waals surface area contributed by atoms with Gasteiger partial charge in [-0.3, -0.25) is 4.79 Å². The minimum absolute atomic E-state index is 0.0384. The number of amides is 1. The highest BCUT2D eigenvalue weighted by molar-refractivity contribution is 6.30. The zero-order chi connectivity index (χ0) is 18.6. The average Bonchev–Trinajstić information content (AvgIpc) is 3.11. The number of carbonyl (C=O) groups is 1. The zero-order valence-corrected chi connectivity index (χ0v) is 15.8. The van der Waals surface area contributed by atoms with Crippen molar-refractivity contribution in [2.75, 3.05) is 19.7 Å². The molecule has 2 aromatic carbocycles. The minimum atomic E-state index is 0.0384. The van der Waals surface area contributed by atoms with Crippen molar-refractivity contribution in [3.05, 3.63) is 59.9 Å². The van der Waals surface area contributed by atoms with Crippen LogP contribution >= 0.6 is 11.6 Å². The second-order valence-electron chi connectivity index (χ2n) is 6.95. The van der Waals surface area contributed by atoms with Crippen molar-refractivity contribution in [2.45, 2.75) is 19.4 Å². The van der Waals surface area contributed by atoms with Crippen LogP contribution in [-0.4, -0.2) is 40.1 Å². The van der Waals surface area contributed by atoms with E-state index in [1.807, 2.05) is 29.4 Å². The lowest BCUT2D eigenvalue weighted by molar-refractivity contribution is -0.134. The molecule has 0 aliphatic carbocycles. The Balaban J connectivity index is 1.27. The van der Waals surface area contributed by atoms with E-state index < -0.39 is 0 Å². The number of carbonyl (C=O) groups excluding carboxylic acids is 1. The number of imidazole rings is 1. The van der Waals surface area contributed by atoms with Crippen LogP contribution in [0.15, 0.2) is 54.9 Å². The monoisotopic (exact) mass is 383 g/mol. The molecule has 1 aliphatic rings. The van der Waals surface area contributed by atoms with E-state index in [9.17, 15) is 4.79 Å². The number of hydrogen-bond donors (Lipinski definition) is 0. The highest BCUT2D eigenvalue weighted by atomic mass is 35.5. The topological polar surface area (TPSA) is 47.4 Å². The van der Waals surface area contributed by atoms with E-state index in [1.165, 1.54) is 5.52 Å². The van der Waals surface area contributed by atoms with Gasteiger partial charge in [0.1, 0.15) is 5.75 Å². The number of benzene rings is 2. The summed E-state index contributed by atoms with van der Waals surface area (Å²) in [6, 6.07) is 15.3. The number of halogens is 1. The molecule has 0 bridgehead atoms. The van der Waals surface area contributed by atoms with Gasteiger partial charge in [0.2, 0.25) is 0 Å². The number of piperidine rings is 1.